The van der Waals surface area contributed by atoms with Gasteiger partial charge in [-0.3, -0.25) is 0 Å². The molecule has 0 aliphatic carbocycles. The molecule has 1 aliphatic heterocycles. The Morgan fingerprint density at radius 3 is 2.76 bits per heavy atom. The van der Waals surface area contributed by atoms with Gasteiger partial charge in [0.05, 0.1) is 13.2 Å². The fourth-order valence-corrected chi connectivity index (χ4v) is 3.26. The van der Waals surface area contributed by atoms with Gasteiger partial charge in [-0.05, 0) is 49.0 Å². The molecule has 1 aliphatic rings. The van der Waals surface area contributed by atoms with Gasteiger partial charge in [0.2, 0.25) is 0 Å². The van der Waals surface area contributed by atoms with Crippen LogP contribution < -0.4 is 4.74 Å². The number of hydrogen-bond donors (Lipinski definition) is 0. The van der Waals surface area contributed by atoms with Crippen LogP contribution in [0.5, 0.6) is 5.75 Å². The van der Waals surface area contributed by atoms with Crippen molar-refractivity contribution in [3.05, 3.63) is 71.3 Å². The Kier molecular flexibility index (Phi) is 5.89. The Balaban J connectivity index is 1.78. The van der Waals surface area contributed by atoms with Crippen LogP contribution in [0.2, 0.25) is 0 Å². The molecule has 2 aromatic rings. The third-order valence-corrected chi connectivity index (χ3v) is 4.40. The Morgan fingerprint density at radius 2 is 1.96 bits per heavy atom. The van der Waals surface area contributed by atoms with Crippen molar-refractivity contribution < 1.29 is 14.3 Å². The summed E-state index contributed by atoms with van der Waals surface area (Å²) in [6.45, 7) is 2.82. The summed E-state index contributed by atoms with van der Waals surface area (Å²) in [5, 5.41) is 0. The smallest absolute Gasteiger partial charge is 0.331 e. The van der Waals surface area contributed by atoms with E-state index in [0.717, 1.165) is 42.6 Å². The minimum atomic E-state index is -0.274. The van der Waals surface area contributed by atoms with E-state index in [4.69, 9.17) is 9.47 Å². The van der Waals surface area contributed by atoms with Gasteiger partial charge in [-0.15, -0.1) is 0 Å². The van der Waals surface area contributed by atoms with E-state index in [1.54, 1.807) is 6.08 Å². The molecule has 0 bridgehead atoms. The highest BCUT2D eigenvalue weighted by Gasteiger charge is 2.20. The molecule has 0 spiro atoms. The first kappa shape index (κ1) is 17.3. The van der Waals surface area contributed by atoms with Crippen molar-refractivity contribution in [3.8, 4) is 5.75 Å². The van der Waals surface area contributed by atoms with E-state index in [-0.39, 0.29) is 5.97 Å². The largest absolute Gasteiger partial charge is 0.493 e. The normalized spacial score (nSPS) is 14.7. The topological polar surface area (TPSA) is 35.5 Å². The number of esters is 1. The van der Waals surface area contributed by atoms with Crippen LogP contribution in [-0.4, -0.2) is 19.2 Å². The van der Waals surface area contributed by atoms with Crippen LogP contribution in [0.15, 0.2) is 54.6 Å². The predicted octanol–water partition coefficient (Wildman–Crippen LogP) is 4.59. The SMILES string of the molecule is CCOC(=O)/C=C1\CCOc2cccc(CCCc3ccccc3)c21. The minimum Gasteiger partial charge on any atom is -0.493 e. The molecule has 2 aromatic carbocycles. The first-order chi connectivity index (χ1) is 12.3. The summed E-state index contributed by atoms with van der Waals surface area (Å²) in [6, 6.07) is 16.7. The molecule has 3 rings (SSSR count). The Hall–Kier alpha value is -2.55. The van der Waals surface area contributed by atoms with Crippen LogP contribution in [-0.2, 0) is 22.4 Å². The maximum Gasteiger partial charge on any atom is 0.331 e. The lowest BCUT2D eigenvalue weighted by molar-refractivity contribution is -0.137. The molecule has 0 atom stereocenters. The summed E-state index contributed by atoms with van der Waals surface area (Å²) in [5.41, 5.74) is 4.69. The number of benzene rings is 2. The van der Waals surface area contributed by atoms with E-state index in [1.165, 1.54) is 11.1 Å². The number of aryl methyl sites for hydroxylation is 2. The average Bonchev–Trinajstić information content (AvgIpc) is 2.63. The number of ether oxygens (including phenoxy) is 2. The second kappa shape index (κ2) is 8.52. The maximum atomic E-state index is 11.9. The summed E-state index contributed by atoms with van der Waals surface area (Å²) in [4.78, 5) is 11.9. The number of rotatable bonds is 6. The van der Waals surface area contributed by atoms with Crippen LogP contribution in [0.25, 0.3) is 5.57 Å². The first-order valence-electron chi connectivity index (χ1n) is 8.94. The summed E-state index contributed by atoms with van der Waals surface area (Å²) in [6.07, 6.45) is 5.43. The minimum absolute atomic E-state index is 0.274. The molecule has 25 heavy (non-hydrogen) atoms. The molecule has 1 heterocycles. The lowest BCUT2D eigenvalue weighted by Gasteiger charge is -2.23. The fourth-order valence-electron chi connectivity index (χ4n) is 3.26. The molecule has 130 valence electrons. The highest BCUT2D eigenvalue weighted by Crippen LogP contribution is 2.36. The Morgan fingerprint density at radius 1 is 1.12 bits per heavy atom. The molecule has 3 heteroatoms. The van der Waals surface area contributed by atoms with Crippen molar-refractivity contribution in [1.29, 1.82) is 0 Å². The summed E-state index contributed by atoms with van der Waals surface area (Å²) in [7, 11) is 0. The molecule has 0 saturated heterocycles. The van der Waals surface area contributed by atoms with Crippen LogP contribution in [0.4, 0.5) is 0 Å². The molecule has 0 fully saturated rings. The van der Waals surface area contributed by atoms with E-state index in [0.29, 0.717) is 13.2 Å². The maximum absolute atomic E-state index is 11.9. The number of carbonyl (C=O) groups excluding carboxylic acids is 1. The Labute approximate surface area is 149 Å². The third kappa shape index (κ3) is 4.50. The number of fused-ring (bicyclic) bond motifs is 1. The third-order valence-electron chi connectivity index (χ3n) is 4.40. The molecule has 0 aromatic heterocycles. The van der Waals surface area contributed by atoms with Crippen LogP contribution in [0.1, 0.15) is 36.5 Å². The van der Waals surface area contributed by atoms with E-state index < -0.39 is 0 Å². The van der Waals surface area contributed by atoms with Gasteiger partial charge in [-0.25, -0.2) is 4.79 Å². The quantitative estimate of drug-likeness (QED) is 0.572. The zero-order chi connectivity index (χ0) is 17.5. The first-order valence-corrected chi connectivity index (χ1v) is 8.94. The van der Waals surface area contributed by atoms with Crippen molar-refractivity contribution >= 4 is 11.5 Å². The van der Waals surface area contributed by atoms with Gasteiger partial charge in [0.1, 0.15) is 5.75 Å². The van der Waals surface area contributed by atoms with Crippen molar-refractivity contribution in [2.24, 2.45) is 0 Å². The van der Waals surface area contributed by atoms with Crippen molar-refractivity contribution in [2.75, 3.05) is 13.2 Å². The zero-order valence-corrected chi connectivity index (χ0v) is 14.7. The average molecular weight is 336 g/mol. The highest BCUT2D eigenvalue weighted by molar-refractivity contribution is 5.93. The lowest BCUT2D eigenvalue weighted by atomic mass is 9.91. The van der Waals surface area contributed by atoms with Gasteiger partial charge in [0.25, 0.3) is 0 Å². The molecule has 0 unspecified atom stereocenters. The van der Waals surface area contributed by atoms with Gasteiger partial charge in [-0.1, -0.05) is 42.5 Å². The van der Waals surface area contributed by atoms with Gasteiger partial charge in [0.15, 0.2) is 0 Å². The molecular weight excluding hydrogens is 312 g/mol. The van der Waals surface area contributed by atoms with Gasteiger partial charge >= 0.3 is 5.97 Å². The highest BCUT2D eigenvalue weighted by atomic mass is 16.5. The van der Waals surface area contributed by atoms with E-state index >= 15 is 0 Å². The summed E-state index contributed by atoms with van der Waals surface area (Å²) < 4.78 is 10.9. The van der Waals surface area contributed by atoms with Crippen LogP contribution in [0.3, 0.4) is 0 Å². The fraction of sp³-hybridized carbons (Fsp3) is 0.318. The van der Waals surface area contributed by atoms with Gasteiger partial charge in [-0.2, -0.15) is 0 Å². The second-order valence-corrected chi connectivity index (χ2v) is 6.15. The molecule has 0 N–H and O–H groups in total. The number of carbonyl (C=O) groups is 1. The molecule has 3 nitrogen and oxygen atoms in total. The molecule has 0 amide bonds. The van der Waals surface area contributed by atoms with E-state index in [1.807, 2.05) is 25.1 Å². The predicted molar refractivity (Wildman–Crippen MR) is 99.6 cm³/mol. The number of hydrogen-bond acceptors (Lipinski definition) is 3. The zero-order valence-electron chi connectivity index (χ0n) is 14.7. The summed E-state index contributed by atoms with van der Waals surface area (Å²) >= 11 is 0. The van der Waals surface area contributed by atoms with Crippen molar-refractivity contribution in [3.63, 3.8) is 0 Å². The molecular formula is C22H24O3. The Bertz CT molecular complexity index is 747. The van der Waals surface area contributed by atoms with E-state index in [2.05, 4.69) is 30.3 Å². The van der Waals surface area contributed by atoms with Crippen molar-refractivity contribution in [1.82, 2.24) is 0 Å². The van der Waals surface area contributed by atoms with Crippen molar-refractivity contribution in [2.45, 2.75) is 32.6 Å². The standard InChI is InChI=1S/C22H24O3/c1-2-24-21(23)16-19-14-15-25-20-13-7-12-18(22(19)20)11-6-10-17-8-4-3-5-9-17/h3-5,7-9,12-13,16H,2,6,10-11,14-15H2,1H3/b19-16+. The van der Waals surface area contributed by atoms with E-state index in [9.17, 15) is 4.79 Å². The van der Waals surface area contributed by atoms with Crippen LogP contribution >= 0.6 is 0 Å². The van der Waals surface area contributed by atoms with Gasteiger partial charge < -0.3 is 9.47 Å². The molecule has 0 radical (unpaired) electrons. The molecule has 0 saturated carbocycles. The monoisotopic (exact) mass is 336 g/mol. The summed E-state index contributed by atoms with van der Waals surface area (Å²) in [5.74, 6) is 0.600. The lowest BCUT2D eigenvalue weighted by Crippen LogP contribution is -2.12. The van der Waals surface area contributed by atoms with Crippen LogP contribution in [0, 0.1) is 0 Å². The van der Waals surface area contributed by atoms with Gasteiger partial charge in [0, 0.05) is 18.1 Å². The second-order valence-electron chi connectivity index (χ2n) is 6.15.